The number of carbonyl (C=O) groups is 9. The molecule has 0 spiro atoms. The van der Waals surface area contributed by atoms with Gasteiger partial charge in [0.1, 0.15) is 12.1 Å². The molecule has 2 unspecified atom stereocenters. The standard InChI is InChI=1S/C40H69N5O12S/c1-29(32(46)28-58)43-35(49)20-17-27-41-33(47)19-16-26-42-34(48)24-22-30(39(54)55)45-37(51)25-23-31(40(56)57)44-36(50)18-14-12-10-8-6-4-2-3-5-7-9-11-13-15-21-38(52)53/h29-31,58H,2-28H2,1H3,(H,41,47)(H,42,48)(H,43,49)(H,44,50)(H,45,51)(H,52,53)(H,54,55)(H,56,57)/t29?,30-,31?/m0/s1. The number of rotatable bonds is 38. The Morgan fingerprint density at radius 1 is 0.431 bits per heavy atom. The minimum absolute atomic E-state index is 0.0230. The molecule has 332 valence electrons. The molecule has 0 aliphatic carbocycles. The van der Waals surface area contributed by atoms with Crippen LogP contribution in [0.15, 0.2) is 0 Å². The number of aliphatic carboxylic acids is 3. The van der Waals surface area contributed by atoms with Gasteiger partial charge in [-0.15, -0.1) is 0 Å². The predicted octanol–water partition coefficient (Wildman–Crippen LogP) is 3.81. The molecular formula is C40H69N5O12S. The van der Waals surface area contributed by atoms with Gasteiger partial charge >= 0.3 is 17.9 Å². The number of thiol groups is 1. The number of Topliss-reactive ketones (excluding diaryl/α,β-unsaturated/α-hetero) is 1. The Morgan fingerprint density at radius 2 is 0.759 bits per heavy atom. The van der Waals surface area contributed by atoms with Crippen molar-refractivity contribution in [2.75, 3.05) is 18.8 Å². The zero-order chi connectivity index (χ0) is 43.6. The summed E-state index contributed by atoms with van der Waals surface area (Å²) in [6.07, 6.45) is 14.8. The molecule has 0 aromatic heterocycles. The second-order valence-corrected chi connectivity index (χ2v) is 15.0. The molecule has 0 aromatic rings. The van der Waals surface area contributed by atoms with Gasteiger partial charge in [-0.1, -0.05) is 77.0 Å². The molecule has 0 radical (unpaired) electrons. The van der Waals surface area contributed by atoms with E-state index < -0.39 is 53.8 Å². The second kappa shape index (κ2) is 34.8. The lowest BCUT2D eigenvalue weighted by Gasteiger charge is -2.17. The fraction of sp³-hybridized carbons (Fsp3) is 0.775. The highest BCUT2D eigenvalue weighted by Crippen LogP contribution is 2.14. The summed E-state index contributed by atoms with van der Waals surface area (Å²) in [6.45, 7) is 1.98. The number of hydrogen-bond donors (Lipinski definition) is 9. The van der Waals surface area contributed by atoms with E-state index in [1.54, 1.807) is 6.92 Å². The first-order chi connectivity index (χ1) is 27.7. The van der Waals surface area contributed by atoms with Gasteiger partial charge in [-0.25, -0.2) is 9.59 Å². The highest BCUT2D eigenvalue weighted by Gasteiger charge is 2.24. The van der Waals surface area contributed by atoms with Crippen LogP contribution in [0.4, 0.5) is 0 Å². The fourth-order valence-electron chi connectivity index (χ4n) is 5.94. The van der Waals surface area contributed by atoms with Crippen LogP contribution < -0.4 is 26.6 Å². The molecule has 0 heterocycles. The monoisotopic (exact) mass is 843 g/mol. The number of carboxylic acids is 3. The van der Waals surface area contributed by atoms with Gasteiger partial charge in [0.05, 0.1) is 11.8 Å². The number of amides is 5. The van der Waals surface area contributed by atoms with Crippen molar-refractivity contribution in [3.05, 3.63) is 0 Å². The largest absolute Gasteiger partial charge is 0.481 e. The van der Waals surface area contributed by atoms with Gasteiger partial charge in [0.25, 0.3) is 0 Å². The lowest BCUT2D eigenvalue weighted by atomic mass is 10.0. The Kier molecular flexibility index (Phi) is 32.3. The van der Waals surface area contributed by atoms with Crippen LogP contribution in [-0.2, 0) is 43.2 Å². The second-order valence-electron chi connectivity index (χ2n) is 14.7. The van der Waals surface area contributed by atoms with Crippen molar-refractivity contribution >= 4 is 65.9 Å². The minimum Gasteiger partial charge on any atom is -0.481 e. The summed E-state index contributed by atoms with van der Waals surface area (Å²) in [4.78, 5) is 106. The average Bonchev–Trinajstić information content (AvgIpc) is 3.17. The van der Waals surface area contributed by atoms with Crippen LogP contribution in [0.2, 0.25) is 0 Å². The summed E-state index contributed by atoms with van der Waals surface area (Å²) in [5.41, 5.74) is 0. The number of unbranched alkanes of at least 4 members (excludes halogenated alkanes) is 13. The topological polar surface area (TPSA) is 274 Å². The zero-order valence-electron chi connectivity index (χ0n) is 34.3. The lowest BCUT2D eigenvalue weighted by molar-refractivity contribution is -0.143. The first kappa shape index (κ1) is 53.8. The minimum atomic E-state index is -1.39. The third-order valence-electron chi connectivity index (χ3n) is 9.45. The summed E-state index contributed by atoms with van der Waals surface area (Å²) in [7, 11) is 0. The molecule has 5 amide bonds. The molecule has 0 saturated heterocycles. The van der Waals surface area contributed by atoms with Crippen molar-refractivity contribution < 1.29 is 58.5 Å². The van der Waals surface area contributed by atoms with Crippen molar-refractivity contribution in [1.82, 2.24) is 26.6 Å². The van der Waals surface area contributed by atoms with Crippen LogP contribution in [-0.4, -0.2) is 106 Å². The Labute approximate surface area is 348 Å². The maximum absolute atomic E-state index is 12.5. The number of carboxylic acid groups (broad SMARTS) is 3. The van der Waals surface area contributed by atoms with Gasteiger partial charge in [-0.2, -0.15) is 12.6 Å². The fourth-order valence-corrected chi connectivity index (χ4v) is 6.22. The molecule has 0 fully saturated rings. The van der Waals surface area contributed by atoms with Crippen LogP contribution in [0.3, 0.4) is 0 Å². The maximum Gasteiger partial charge on any atom is 0.326 e. The zero-order valence-corrected chi connectivity index (χ0v) is 35.2. The third kappa shape index (κ3) is 31.8. The molecule has 3 atom stereocenters. The molecule has 0 bridgehead atoms. The first-order valence-corrected chi connectivity index (χ1v) is 21.5. The lowest BCUT2D eigenvalue weighted by Crippen LogP contribution is -2.44. The Hall–Kier alpha value is -4.22. The molecule has 8 N–H and O–H groups in total. The van der Waals surface area contributed by atoms with E-state index in [2.05, 4.69) is 39.2 Å². The molecule has 18 heteroatoms. The van der Waals surface area contributed by atoms with E-state index in [0.29, 0.717) is 19.3 Å². The first-order valence-electron chi connectivity index (χ1n) is 20.9. The number of hydrogen-bond acceptors (Lipinski definition) is 10. The summed E-state index contributed by atoms with van der Waals surface area (Å²) >= 11 is 3.88. The normalized spacial score (nSPS) is 12.4. The van der Waals surface area contributed by atoms with Crippen molar-refractivity contribution in [1.29, 1.82) is 0 Å². The highest BCUT2D eigenvalue weighted by atomic mass is 32.1. The maximum atomic E-state index is 12.5. The average molecular weight is 844 g/mol. The van der Waals surface area contributed by atoms with Gasteiger partial charge in [-0.3, -0.25) is 33.6 Å². The number of carbonyl (C=O) groups excluding carboxylic acids is 6. The molecule has 17 nitrogen and oxygen atoms in total. The molecule has 0 aromatic carbocycles. The summed E-state index contributed by atoms with van der Waals surface area (Å²) in [5, 5.41) is 40.3. The van der Waals surface area contributed by atoms with E-state index in [1.807, 2.05) is 0 Å². The molecule has 0 aliphatic rings. The van der Waals surface area contributed by atoms with E-state index in [9.17, 15) is 53.4 Å². The van der Waals surface area contributed by atoms with Gasteiger partial charge in [0.2, 0.25) is 29.5 Å². The summed E-state index contributed by atoms with van der Waals surface area (Å²) in [6, 6.07) is -3.34. The van der Waals surface area contributed by atoms with Crippen LogP contribution in [0.5, 0.6) is 0 Å². The quantitative estimate of drug-likeness (QED) is 0.0317. The molecule has 58 heavy (non-hydrogen) atoms. The Morgan fingerprint density at radius 3 is 1.17 bits per heavy atom. The van der Waals surface area contributed by atoms with Crippen molar-refractivity contribution in [3.63, 3.8) is 0 Å². The Bertz CT molecular complexity index is 1280. The smallest absolute Gasteiger partial charge is 0.326 e. The Balaban J connectivity index is 4.13. The highest BCUT2D eigenvalue weighted by molar-refractivity contribution is 7.81. The summed E-state index contributed by atoms with van der Waals surface area (Å²) in [5.74, 6) is -5.82. The molecule has 0 aliphatic heterocycles. The van der Waals surface area contributed by atoms with Crippen molar-refractivity contribution in [3.8, 4) is 0 Å². The van der Waals surface area contributed by atoms with Crippen LogP contribution in [0, 0.1) is 0 Å². The molecule has 0 rings (SSSR count). The van der Waals surface area contributed by atoms with Crippen molar-refractivity contribution in [2.45, 2.75) is 179 Å². The third-order valence-corrected chi connectivity index (χ3v) is 9.76. The van der Waals surface area contributed by atoms with E-state index in [0.717, 1.165) is 57.8 Å². The number of ketones is 1. The van der Waals surface area contributed by atoms with Crippen LogP contribution in [0.1, 0.15) is 161 Å². The van der Waals surface area contributed by atoms with E-state index in [4.69, 9.17) is 5.11 Å². The molecule has 0 saturated carbocycles. The molecular weight excluding hydrogens is 775 g/mol. The van der Waals surface area contributed by atoms with E-state index >= 15 is 0 Å². The van der Waals surface area contributed by atoms with Gasteiger partial charge in [0.15, 0.2) is 5.78 Å². The van der Waals surface area contributed by atoms with Crippen LogP contribution in [0.25, 0.3) is 0 Å². The number of nitrogens with one attached hydrogen (secondary N) is 5. The SMILES string of the molecule is CC(NC(=O)CCCNC(=O)CCCNC(=O)CC[C@H](NC(=O)CCC(NC(=O)CCCCCCCCCCCCCCCCC(=O)O)C(=O)O)C(=O)O)C(=O)CS. The summed E-state index contributed by atoms with van der Waals surface area (Å²) < 4.78 is 0. The van der Waals surface area contributed by atoms with Gasteiger partial charge in [0, 0.05) is 51.6 Å². The van der Waals surface area contributed by atoms with E-state index in [-0.39, 0.29) is 87.8 Å². The van der Waals surface area contributed by atoms with Crippen LogP contribution >= 0.6 is 12.6 Å². The van der Waals surface area contributed by atoms with Gasteiger partial charge in [-0.05, 0) is 45.4 Å². The predicted molar refractivity (Wildman–Crippen MR) is 220 cm³/mol. The van der Waals surface area contributed by atoms with Crippen molar-refractivity contribution in [2.24, 2.45) is 0 Å². The van der Waals surface area contributed by atoms with E-state index in [1.165, 1.54) is 25.7 Å². The van der Waals surface area contributed by atoms with Gasteiger partial charge < -0.3 is 41.9 Å².